The van der Waals surface area contributed by atoms with Gasteiger partial charge in [0.05, 0.1) is 11.0 Å². The molecule has 4 aromatic rings. The molecule has 4 rings (SSSR count). The lowest BCUT2D eigenvalue weighted by Crippen LogP contribution is -1.84. The van der Waals surface area contributed by atoms with Crippen LogP contribution in [0.4, 0.5) is 5.95 Å². The minimum atomic E-state index is 0.473. The van der Waals surface area contributed by atoms with Gasteiger partial charge in [-0.05, 0) is 30.5 Å². The van der Waals surface area contributed by atoms with Gasteiger partial charge in [-0.3, -0.25) is 4.98 Å². The minimum absolute atomic E-state index is 0.473. The molecule has 0 saturated carbocycles. The van der Waals surface area contributed by atoms with Gasteiger partial charge in [-0.2, -0.15) is 0 Å². The number of pyridine rings is 1. The lowest BCUT2D eigenvalue weighted by Gasteiger charge is -1.97. The molecular formula is C17H16N4. The van der Waals surface area contributed by atoms with Crippen molar-refractivity contribution in [1.82, 2.24) is 15.0 Å². The number of aromatic amines is 1. The van der Waals surface area contributed by atoms with E-state index in [4.69, 9.17) is 5.73 Å². The van der Waals surface area contributed by atoms with Crippen LogP contribution in [0.25, 0.3) is 21.8 Å². The van der Waals surface area contributed by atoms with E-state index in [9.17, 15) is 0 Å². The van der Waals surface area contributed by atoms with E-state index in [0.717, 1.165) is 16.7 Å². The maximum Gasteiger partial charge on any atom is 0.198 e. The topological polar surface area (TPSA) is 67.6 Å². The zero-order chi connectivity index (χ0) is 14.7. The molecule has 0 aliphatic rings. The number of nitrogen functional groups attached to an aromatic ring is 1. The summed E-state index contributed by atoms with van der Waals surface area (Å²) in [7, 11) is 0. The molecule has 0 fully saturated rings. The number of aromatic nitrogens is 3. The highest BCUT2D eigenvalue weighted by Crippen LogP contribution is 2.14. The normalized spacial score (nSPS) is 10.3. The van der Waals surface area contributed by atoms with Crippen LogP contribution in [-0.4, -0.2) is 15.0 Å². The Bertz CT molecular complexity index is 842. The van der Waals surface area contributed by atoms with Gasteiger partial charge in [-0.25, -0.2) is 4.98 Å². The van der Waals surface area contributed by atoms with Gasteiger partial charge in [-0.1, -0.05) is 36.4 Å². The van der Waals surface area contributed by atoms with Crippen LogP contribution in [0.15, 0.2) is 60.8 Å². The molecule has 2 aromatic heterocycles. The van der Waals surface area contributed by atoms with E-state index in [0.29, 0.717) is 5.95 Å². The quantitative estimate of drug-likeness (QED) is 0.514. The van der Waals surface area contributed by atoms with E-state index in [2.05, 4.69) is 27.1 Å². The van der Waals surface area contributed by atoms with Crippen molar-refractivity contribution in [2.75, 3.05) is 5.73 Å². The Balaban J connectivity index is 0.000000126. The third-order valence-electron chi connectivity index (χ3n) is 3.28. The number of fused-ring (bicyclic) bond motifs is 2. The Morgan fingerprint density at radius 1 is 0.952 bits per heavy atom. The Hall–Kier alpha value is -2.88. The van der Waals surface area contributed by atoms with Gasteiger partial charge >= 0.3 is 0 Å². The first kappa shape index (κ1) is 13.1. The number of nitrogens with zero attached hydrogens (tertiary/aromatic N) is 2. The fourth-order valence-electron chi connectivity index (χ4n) is 2.24. The van der Waals surface area contributed by atoms with Gasteiger partial charge in [0.25, 0.3) is 0 Å². The number of nitrogens with one attached hydrogen (secondary N) is 1. The summed E-state index contributed by atoms with van der Waals surface area (Å²) in [6, 6.07) is 18.0. The zero-order valence-electron chi connectivity index (χ0n) is 11.7. The monoisotopic (exact) mass is 276 g/mol. The van der Waals surface area contributed by atoms with Crippen LogP contribution >= 0.6 is 0 Å². The molecule has 21 heavy (non-hydrogen) atoms. The maximum atomic E-state index is 5.42. The van der Waals surface area contributed by atoms with Gasteiger partial charge in [0.1, 0.15) is 0 Å². The SMILES string of the molecule is Cc1nccc2ccccc12.Nc1nc2ccccc2[nH]1. The van der Waals surface area contributed by atoms with Crippen LogP contribution in [0.2, 0.25) is 0 Å². The Kier molecular flexibility index (Phi) is 3.51. The standard InChI is InChI=1S/C10H9N.C7H7N3/c1-8-10-5-3-2-4-9(10)6-7-11-8;8-7-9-5-3-1-2-4-6(5)10-7/h2-7H,1H3;1-4H,(H3,8,9,10). The van der Waals surface area contributed by atoms with Crippen molar-refractivity contribution >= 4 is 27.8 Å². The second-order valence-corrected chi connectivity index (χ2v) is 4.76. The highest BCUT2D eigenvalue weighted by atomic mass is 15.0. The van der Waals surface area contributed by atoms with Crippen LogP contribution in [0.3, 0.4) is 0 Å². The predicted octanol–water partition coefficient (Wildman–Crippen LogP) is 3.69. The molecule has 4 heteroatoms. The summed E-state index contributed by atoms with van der Waals surface area (Å²) in [6.45, 7) is 2.03. The Morgan fingerprint density at radius 2 is 1.71 bits per heavy atom. The zero-order valence-corrected chi connectivity index (χ0v) is 11.7. The largest absolute Gasteiger partial charge is 0.369 e. The Morgan fingerprint density at radius 3 is 2.52 bits per heavy atom. The molecule has 0 aliphatic heterocycles. The minimum Gasteiger partial charge on any atom is -0.369 e. The van der Waals surface area contributed by atoms with Crippen molar-refractivity contribution in [1.29, 1.82) is 0 Å². The molecule has 0 bridgehead atoms. The Labute approximate surface area is 122 Å². The van der Waals surface area contributed by atoms with Crippen molar-refractivity contribution in [3.63, 3.8) is 0 Å². The molecule has 2 heterocycles. The predicted molar refractivity (Wildman–Crippen MR) is 87.0 cm³/mol. The number of anilines is 1. The number of aryl methyl sites for hydroxylation is 1. The number of H-pyrrole nitrogens is 1. The summed E-state index contributed by atoms with van der Waals surface area (Å²) in [5.41, 5.74) is 8.43. The summed E-state index contributed by atoms with van der Waals surface area (Å²) in [5, 5.41) is 2.51. The number of nitrogens with two attached hydrogens (primary N) is 1. The number of rotatable bonds is 0. The van der Waals surface area contributed by atoms with Crippen LogP contribution in [-0.2, 0) is 0 Å². The molecule has 0 spiro atoms. The van der Waals surface area contributed by atoms with Crippen molar-refractivity contribution < 1.29 is 0 Å². The molecule has 0 aliphatic carbocycles. The molecule has 0 radical (unpaired) electrons. The van der Waals surface area contributed by atoms with Crippen molar-refractivity contribution in [3.05, 3.63) is 66.5 Å². The molecule has 0 unspecified atom stereocenters. The van der Waals surface area contributed by atoms with Crippen molar-refractivity contribution in [2.24, 2.45) is 0 Å². The third kappa shape index (κ3) is 2.84. The van der Waals surface area contributed by atoms with Gasteiger partial charge in [-0.15, -0.1) is 0 Å². The smallest absolute Gasteiger partial charge is 0.198 e. The molecule has 2 aromatic carbocycles. The molecule has 4 nitrogen and oxygen atoms in total. The fourth-order valence-corrected chi connectivity index (χ4v) is 2.24. The summed E-state index contributed by atoms with van der Waals surface area (Å²) in [6.07, 6.45) is 1.84. The average Bonchev–Trinajstić information content (AvgIpc) is 2.88. The molecule has 0 amide bonds. The number of benzene rings is 2. The molecule has 3 N–H and O–H groups in total. The van der Waals surface area contributed by atoms with Crippen molar-refractivity contribution in [3.8, 4) is 0 Å². The number of para-hydroxylation sites is 2. The van der Waals surface area contributed by atoms with E-state index in [1.807, 2.05) is 55.6 Å². The van der Waals surface area contributed by atoms with Crippen molar-refractivity contribution in [2.45, 2.75) is 6.92 Å². The van der Waals surface area contributed by atoms with Crippen LogP contribution in [0, 0.1) is 6.92 Å². The number of hydrogen-bond acceptors (Lipinski definition) is 3. The van der Waals surface area contributed by atoms with Crippen LogP contribution in [0.5, 0.6) is 0 Å². The van der Waals surface area contributed by atoms with E-state index in [-0.39, 0.29) is 0 Å². The second-order valence-electron chi connectivity index (χ2n) is 4.76. The fraction of sp³-hybridized carbons (Fsp3) is 0.0588. The molecule has 0 atom stereocenters. The summed E-state index contributed by atoms with van der Waals surface area (Å²) in [5.74, 6) is 0.473. The first-order valence-corrected chi connectivity index (χ1v) is 6.74. The summed E-state index contributed by atoms with van der Waals surface area (Å²) < 4.78 is 0. The molecule has 104 valence electrons. The summed E-state index contributed by atoms with van der Waals surface area (Å²) >= 11 is 0. The average molecular weight is 276 g/mol. The van der Waals surface area contributed by atoms with Gasteiger partial charge in [0.15, 0.2) is 5.95 Å². The number of imidazole rings is 1. The van der Waals surface area contributed by atoms with E-state index in [1.54, 1.807) is 0 Å². The van der Waals surface area contributed by atoms with E-state index in [1.165, 1.54) is 10.8 Å². The van der Waals surface area contributed by atoms with Gasteiger partial charge < -0.3 is 10.7 Å². The molecular weight excluding hydrogens is 260 g/mol. The lowest BCUT2D eigenvalue weighted by atomic mass is 10.1. The van der Waals surface area contributed by atoms with Crippen LogP contribution in [0.1, 0.15) is 5.69 Å². The molecule has 0 saturated heterocycles. The second kappa shape index (κ2) is 5.63. The maximum absolute atomic E-state index is 5.42. The first-order valence-electron chi connectivity index (χ1n) is 6.74. The highest BCUT2D eigenvalue weighted by molar-refractivity contribution is 5.83. The highest BCUT2D eigenvalue weighted by Gasteiger charge is 1.95. The lowest BCUT2D eigenvalue weighted by molar-refractivity contribution is 1.24. The number of hydrogen-bond donors (Lipinski definition) is 2. The summed E-state index contributed by atoms with van der Waals surface area (Å²) in [4.78, 5) is 11.2. The van der Waals surface area contributed by atoms with E-state index >= 15 is 0 Å². The first-order chi connectivity index (χ1) is 10.2. The van der Waals surface area contributed by atoms with E-state index < -0.39 is 0 Å². The third-order valence-corrected chi connectivity index (χ3v) is 3.28. The van der Waals surface area contributed by atoms with Gasteiger partial charge in [0.2, 0.25) is 0 Å². The van der Waals surface area contributed by atoms with Gasteiger partial charge in [0, 0.05) is 17.3 Å². The van der Waals surface area contributed by atoms with Crippen LogP contribution < -0.4 is 5.73 Å².